The van der Waals surface area contributed by atoms with Crippen LogP contribution >= 0.6 is 63.7 Å². The smallest absolute Gasteiger partial charge is 0.311 e. The molecule has 2 heterocycles. The van der Waals surface area contributed by atoms with Crippen molar-refractivity contribution in [2.75, 3.05) is 26.8 Å². The average Bonchev–Trinajstić information content (AvgIpc) is 3.37. The van der Waals surface area contributed by atoms with E-state index in [0.29, 0.717) is 47.8 Å². The van der Waals surface area contributed by atoms with Crippen LogP contribution < -0.4 is 15.4 Å². The zero-order valence-corrected chi connectivity index (χ0v) is 36.6. The molecule has 0 fully saturated rings. The van der Waals surface area contributed by atoms with E-state index in [-0.39, 0.29) is 37.7 Å². The van der Waals surface area contributed by atoms with E-state index >= 15 is 0 Å². The van der Waals surface area contributed by atoms with Gasteiger partial charge in [0.15, 0.2) is 11.8 Å². The fourth-order valence-corrected chi connectivity index (χ4v) is 8.76. The van der Waals surface area contributed by atoms with Gasteiger partial charge in [0.05, 0.1) is 39.7 Å². The number of hydrogen-bond donors (Lipinski definition) is 4. The van der Waals surface area contributed by atoms with E-state index in [1.54, 1.807) is 12.1 Å². The van der Waals surface area contributed by atoms with Gasteiger partial charge in [0, 0.05) is 24.0 Å². The van der Waals surface area contributed by atoms with Gasteiger partial charge in [0.2, 0.25) is 5.91 Å². The number of aliphatic hydroxyl groups is 2. The molecular weight excluding hydrogens is 934 g/mol. The maximum atomic E-state index is 12.8. The second-order valence-electron chi connectivity index (χ2n) is 13.3. The second kappa shape index (κ2) is 23.3. The van der Waals surface area contributed by atoms with Gasteiger partial charge in [-0.15, -0.1) is 0 Å². The molecule has 52 heavy (non-hydrogen) atoms. The van der Waals surface area contributed by atoms with Gasteiger partial charge in [0.1, 0.15) is 17.8 Å². The van der Waals surface area contributed by atoms with Gasteiger partial charge in [-0.1, -0.05) is 99.1 Å². The summed E-state index contributed by atoms with van der Waals surface area (Å²) in [5, 5.41) is 31.0. The van der Waals surface area contributed by atoms with Crippen LogP contribution in [0.3, 0.4) is 0 Å². The summed E-state index contributed by atoms with van der Waals surface area (Å²) in [6, 6.07) is 3.51. The number of nitrogens with zero attached hydrogens (tertiary/aromatic N) is 1. The zero-order chi connectivity index (χ0) is 38.1. The molecule has 0 radical (unpaired) electrons. The first-order valence-corrected chi connectivity index (χ1v) is 21.3. The molecule has 15 heteroatoms. The summed E-state index contributed by atoms with van der Waals surface area (Å²) in [6.07, 6.45) is 13.5. The Kier molecular flexibility index (Phi) is 20.1. The number of aliphatic hydroxyl groups excluding tert-OH is 2. The summed E-state index contributed by atoms with van der Waals surface area (Å²) >= 11 is 13.8. The number of ether oxygens (including phenoxy) is 3. The number of carbonyl (C=O) groups excluding carboxylic acids is 2. The van der Waals surface area contributed by atoms with Crippen LogP contribution in [0.4, 0.5) is 0 Å². The Labute approximate surface area is 341 Å². The Hall–Kier alpha value is -1.65. The van der Waals surface area contributed by atoms with Gasteiger partial charge in [-0.25, -0.2) is 0 Å². The first kappa shape index (κ1) is 44.7. The predicted octanol–water partition coefficient (Wildman–Crippen LogP) is 8.94. The van der Waals surface area contributed by atoms with E-state index in [4.69, 9.17) is 19.0 Å². The van der Waals surface area contributed by atoms with Crippen molar-refractivity contribution < 1.29 is 38.9 Å². The molecule has 2 unspecified atom stereocenters. The van der Waals surface area contributed by atoms with E-state index in [0.717, 1.165) is 25.2 Å². The lowest BCUT2D eigenvalue weighted by Crippen LogP contribution is -2.49. The van der Waals surface area contributed by atoms with Crippen molar-refractivity contribution in [2.45, 2.75) is 122 Å². The average molecular weight is 987 g/mol. The molecule has 2 aliphatic heterocycles. The van der Waals surface area contributed by atoms with Crippen molar-refractivity contribution in [1.82, 2.24) is 10.6 Å². The van der Waals surface area contributed by atoms with E-state index < -0.39 is 23.9 Å². The lowest BCUT2D eigenvalue weighted by Gasteiger charge is -2.27. The van der Waals surface area contributed by atoms with Crippen LogP contribution in [0, 0.1) is 5.92 Å². The summed E-state index contributed by atoms with van der Waals surface area (Å²) in [5.74, 6) is -0.412. The highest BCUT2D eigenvalue weighted by molar-refractivity contribution is 9.12. The highest BCUT2D eigenvalue weighted by Crippen LogP contribution is 2.41. The van der Waals surface area contributed by atoms with Crippen molar-refractivity contribution in [3.63, 3.8) is 0 Å². The molecule has 1 aromatic carbocycles. The molecule has 0 saturated heterocycles. The number of allylic oxidation sites excluding steroid dienone is 1. The third-order valence-electron chi connectivity index (χ3n) is 9.19. The largest absolute Gasteiger partial charge is 0.495 e. The SMILES string of the molecule is CCC(C)CCCCCCCCCCCC(=O)NCC(O)c1cc(Br)c(OCCCNC(=O)C2=NO[C@]3(CC(Br)=C(OC)C(Br)=CO3)[C@H]2O)c(Br)c1. The molecule has 0 aromatic heterocycles. The van der Waals surface area contributed by atoms with Crippen LogP contribution in [0.5, 0.6) is 5.75 Å². The molecule has 4 N–H and O–H groups in total. The molecule has 1 aromatic rings. The lowest BCUT2D eigenvalue weighted by molar-refractivity contribution is -0.225. The minimum atomic E-state index is -1.62. The van der Waals surface area contributed by atoms with E-state index in [1.165, 1.54) is 64.7 Å². The van der Waals surface area contributed by atoms with E-state index in [2.05, 4.69) is 93.4 Å². The number of nitrogens with one attached hydrogen (secondary N) is 2. The van der Waals surface area contributed by atoms with Crippen LogP contribution in [-0.4, -0.2) is 66.4 Å². The number of oxime groups is 1. The highest BCUT2D eigenvalue weighted by atomic mass is 79.9. The summed E-state index contributed by atoms with van der Waals surface area (Å²) < 4.78 is 19.3. The molecule has 2 aliphatic rings. The number of hydrogen-bond acceptors (Lipinski definition) is 9. The Morgan fingerprint density at radius 2 is 1.63 bits per heavy atom. The number of carbonyl (C=O) groups is 2. The van der Waals surface area contributed by atoms with Crippen LogP contribution in [0.1, 0.15) is 115 Å². The Morgan fingerprint density at radius 1 is 1.00 bits per heavy atom. The number of benzene rings is 1. The summed E-state index contributed by atoms with van der Waals surface area (Å²) in [7, 11) is 1.50. The minimum Gasteiger partial charge on any atom is -0.495 e. The standard InChI is InChI=1S/C37H53Br4N3O8/c1-4-24(2)15-12-10-8-6-5-7-9-11-13-16-31(46)43-22-30(45)25-19-26(38)34(27(39)20-25)50-18-14-17-42-36(48)32-35(47)37(52-44-32)21-28(40)33(49-3)29(41)23-51-37/h19-20,23-24,30,35,45,47H,4-18,21-22H2,1-3H3,(H,42,48)(H,43,46)/t24?,30?,35-,37+/m0/s1. The van der Waals surface area contributed by atoms with Gasteiger partial charge < -0.3 is 39.9 Å². The van der Waals surface area contributed by atoms with Crippen molar-refractivity contribution in [2.24, 2.45) is 11.1 Å². The molecule has 4 atom stereocenters. The maximum absolute atomic E-state index is 12.8. The highest BCUT2D eigenvalue weighted by Gasteiger charge is 2.54. The van der Waals surface area contributed by atoms with Crippen LogP contribution in [0.15, 0.2) is 47.2 Å². The molecule has 292 valence electrons. The minimum absolute atomic E-state index is 0.0461. The molecular formula is C37H53Br4N3O8. The first-order valence-electron chi connectivity index (χ1n) is 18.2. The quantitative estimate of drug-likeness (QED) is 0.0796. The zero-order valence-electron chi connectivity index (χ0n) is 30.3. The Morgan fingerprint density at radius 3 is 2.27 bits per heavy atom. The maximum Gasteiger partial charge on any atom is 0.311 e. The molecule has 0 bridgehead atoms. The van der Waals surface area contributed by atoms with Gasteiger partial charge in [-0.3, -0.25) is 9.59 Å². The van der Waals surface area contributed by atoms with Crippen LogP contribution in [0.25, 0.3) is 0 Å². The molecule has 2 amide bonds. The molecule has 0 aliphatic carbocycles. The van der Waals surface area contributed by atoms with Crippen molar-refractivity contribution in [1.29, 1.82) is 0 Å². The van der Waals surface area contributed by atoms with E-state index in [9.17, 15) is 19.8 Å². The molecule has 3 rings (SSSR count). The van der Waals surface area contributed by atoms with Crippen molar-refractivity contribution in [3.8, 4) is 5.75 Å². The normalized spacial score (nSPS) is 19.6. The van der Waals surface area contributed by atoms with Crippen LogP contribution in [0.2, 0.25) is 0 Å². The number of rotatable bonds is 23. The van der Waals surface area contributed by atoms with Crippen LogP contribution in [-0.2, 0) is 23.9 Å². The number of halogens is 4. The monoisotopic (exact) mass is 983 g/mol. The van der Waals surface area contributed by atoms with Gasteiger partial charge in [0.25, 0.3) is 5.91 Å². The van der Waals surface area contributed by atoms with Gasteiger partial charge in [-0.05, 0) is 84.2 Å². The number of unbranched alkanes of at least 4 members (excludes halogenated alkanes) is 8. The molecule has 1 spiro atoms. The predicted molar refractivity (Wildman–Crippen MR) is 216 cm³/mol. The Balaban J connectivity index is 1.30. The number of methoxy groups -OCH3 is 1. The Bertz CT molecular complexity index is 1400. The molecule has 11 nitrogen and oxygen atoms in total. The third kappa shape index (κ3) is 13.9. The van der Waals surface area contributed by atoms with Crippen molar-refractivity contribution in [3.05, 3.63) is 47.6 Å². The van der Waals surface area contributed by atoms with E-state index in [1.807, 2.05) is 0 Å². The summed E-state index contributed by atoms with van der Waals surface area (Å²) in [5.41, 5.74) is 0.414. The second-order valence-corrected chi connectivity index (χ2v) is 16.8. The summed E-state index contributed by atoms with van der Waals surface area (Å²) in [6.45, 7) is 5.22. The third-order valence-corrected chi connectivity index (χ3v) is 11.6. The topological polar surface area (TPSA) is 148 Å². The fourth-order valence-electron chi connectivity index (χ4n) is 5.78. The fraction of sp³-hybridized carbons (Fsp3) is 0.649. The van der Waals surface area contributed by atoms with Gasteiger partial charge >= 0.3 is 5.79 Å². The first-order chi connectivity index (χ1) is 24.9. The number of amides is 2. The van der Waals surface area contributed by atoms with Gasteiger partial charge in [-0.2, -0.15) is 0 Å². The molecule has 0 saturated carbocycles. The lowest BCUT2D eigenvalue weighted by atomic mass is 9.99. The summed E-state index contributed by atoms with van der Waals surface area (Å²) in [4.78, 5) is 30.6. The van der Waals surface area contributed by atoms with Crippen molar-refractivity contribution >= 4 is 81.2 Å².